The molecular formula is C22H27N3O3. The van der Waals surface area contributed by atoms with Crippen molar-refractivity contribution in [2.45, 2.75) is 40.0 Å². The maximum absolute atomic E-state index is 12.5. The SMILES string of the molecule is CCCCCOC(=O)c1c(C)[nH]c(/C=C2\N=C(c3ccc[nH]3)C=C2OC)c1C. The normalized spacial score (nSPS) is 14.9. The first-order valence-electron chi connectivity index (χ1n) is 9.61. The van der Waals surface area contributed by atoms with E-state index in [0.29, 0.717) is 23.6 Å². The van der Waals surface area contributed by atoms with E-state index in [0.717, 1.165) is 47.6 Å². The average Bonchev–Trinajstić information content (AvgIpc) is 3.39. The molecule has 0 amide bonds. The predicted octanol–water partition coefficient (Wildman–Crippen LogP) is 4.68. The molecule has 6 heteroatoms. The highest BCUT2D eigenvalue weighted by atomic mass is 16.5. The maximum Gasteiger partial charge on any atom is 0.340 e. The molecule has 0 fully saturated rings. The van der Waals surface area contributed by atoms with Gasteiger partial charge in [0.25, 0.3) is 0 Å². The summed E-state index contributed by atoms with van der Waals surface area (Å²) < 4.78 is 10.9. The molecule has 3 rings (SSSR count). The molecule has 2 N–H and O–H groups in total. The molecule has 148 valence electrons. The minimum atomic E-state index is -0.281. The van der Waals surface area contributed by atoms with Crippen LogP contribution in [0.3, 0.4) is 0 Å². The number of aromatic amines is 2. The molecule has 0 aromatic carbocycles. The van der Waals surface area contributed by atoms with Gasteiger partial charge in [0.05, 0.1) is 30.7 Å². The van der Waals surface area contributed by atoms with E-state index in [4.69, 9.17) is 9.47 Å². The molecule has 0 bridgehead atoms. The van der Waals surface area contributed by atoms with Crippen LogP contribution in [0.25, 0.3) is 6.08 Å². The third-order valence-electron chi connectivity index (χ3n) is 4.80. The Morgan fingerprint density at radius 2 is 2.11 bits per heavy atom. The number of ether oxygens (including phenoxy) is 2. The van der Waals surface area contributed by atoms with Gasteiger partial charge < -0.3 is 19.4 Å². The second-order valence-electron chi connectivity index (χ2n) is 6.83. The Kier molecular flexibility index (Phi) is 6.19. The summed E-state index contributed by atoms with van der Waals surface area (Å²) in [6.45, 7) is 6.37. The number of methoxy groups -OCH3 is 1. The number of nitrogens with zero attached hydrogens (tertiary/aromatic N) is 1. The first kappa shape index (κ1) is 19.7. The summed E-state index contributed by atoms with van der Waals surface area (Å²) in [6, 6.07) is 3.89. The number of aromatic nitrogens is 2. The van der Waals surface area contributed by atoms with Gasteiger partial charge in [-0.1, -0.05) is 19.8 Å². The molecular weight excluding hydrogens is 354 g/mol. The largest absolute Gasteiger partial charge is 0.494 e. The minimum absolute atomic E-state index is 0.281. The number of hydrogen-bond acceptors (Lipinski definition) is 4. The molecule has 0 atom stereocenters. The first-order valence-corrected chi connectivity index (χ1v) is 9.61. The molecule has 2 aromatic rings. The Balaban J connectivity index is 1.84. The van der Waals surface area contributed by atoms with Crippen LogP contribution in [0, 0.1) is 13.8 Å². The van der Waals surface area contributed by atoms with E-state index < -0.39 is 0 Å². The lowest BCUT2D eigenvalue weighted by Crippen LogP contribution is -2.08. The van der Waals surface area contributed by atoms with Gasteiger partial charge in [0.1, 0.15) is 11.5 Å². The molecule has 6 nitrogen and oxygen atoms in total. The van der Waals surface area contributed by atoms with Gasteiger partial charge in [-0.25, -0.2) is 9.79 Å². The van der Waals surface area contributed by atoms with Crippen molar-refractivity contribution in [1.82, 2.24) is 9.97 Å². The second-order valence-corrected chi connectivity index (χ2v) is 6.83. The van der Waals surface area contributed by atoms with E-state index in [-0.39, 0.29) is 5.97 Å². The number of nitrogens with one attached hydrogen (secondary N) is 2. The zero-order chi connectivity index (χ0) is 20.1. The summed E-state index contributed by atoms with van der Waals surface area (Å²) in [4.78, 5) is 23.6. The summed E-state index contributed by atoms with van der Waals surface area (Å²) in [5, 5.41) is 0. The Labute approximate surface area is 165 Å². The minimum Gasteiger partial charge on any atom is -0.494 e. The summed E-state index contributed by atoms with van der Waals surface area (Å²) in [6.07, 6.45) is 8.70. The fourth-order valence-corrected chi connectivity index (χ4v) is 3.26. The molecule has 0 spiro atoms. The number of aliphatic imine (C=N–C) groups is 1. The smallest absolute Gasteiger partial charge is 0.340 e. The number of esters is 1. The number of allylic oxidation sites excluding steroid dienone is 1. The molecule has 3 heterocycles. The standard InChI is InChI=1S/C22H27N3O3/c1-5-6-7-11-28-22(26)21-14(2)17(24-15(21)3)12-19-20(27-4)13-18(25-19)16-9-8-10-23-16/h8-10,12-13,23-24H,5-7,11H2,1-4H3/b19-12-. The Morgan fingerprint density at radius 1 is 1.29 bits per heavy atom. The number of hydrogen-bond donors (Lipinski definition) is 2. The first-order chi connectivity index (χ1) is 13.5. The number of carbonyl (C=O) groups excluding carboxylic acids is 1. The third-order valence-corrected chi connectivity index (χ3v) is 4.80. The summed E-state index contributed by atoms with van der Waals surface area (Å²) >= 11 is 0. The fourth-order valence-electron chi connectivity index (χ4n) is 3.26. The van der Waals surface area contributed by atoms with Gasteiger partial charge >= 0.3 is 5.97 Å². The molecule has 1 aliphatic rings. The highest BCUT2D eigenvalue weighted by Gasteiger charge is 2.21. The van der Waals surface area contributed by atoms with Crippen molar-refractivity contribution in [3.05, 3.63) is 64.1 Å². The molecule has 0 aliphatic carbocycles. The molecule has 2 aromatic heterocycles. The van der Waals surface area contributed by atoms with Crippen LogP contribution in [0.15, 0.2) is 40.9 Å². The van der Waals surface area contributed by atoms with Crippen molar-refractivity contribution in [1.29, 1.82) is 0 Å². The van der Waals surface area contributed by atoms with Gasteiger partial charge in [-0.3, -0.25) is 0 Å². The molecule has 0 unspecified atom stereocenters. The molecule has 0 saturated carbocycles. The zero-order valence-electron chi connectivity index (χ0n) is 16.9. The molecule has 1 aliphatic heterocycles. The number of aryl methyl sites for hydroxylation is 1. The van der Waals surface area contributed by atoms with Gasteiger partial charge in [0, 0.05) is 23.7 Å². The fraction of sp³-hybridized carbons (Fsp3) is 0.364. The number of carbonyl (C=O) groups is 1. The van der Waals surface area contributed by atoms with Crippen LogP contribution in [0.5, 0.6) is 0 Å². The van der Waals surface area contributed by atoms with Gasteiger partial charge in [-0.15, -0.1) is 0 Å². The number of H-pyrrole nitrogens is 2. The van der Waals surface area contributed by atoms with Crippen LogP contribution >= 0.6 is 0 Å². The molecule has 0 saturated heterocycles. The van der Waals surface area contributed by atoms with Crippen LogP contribution in [-0.2, 0) is 9.47 Å². The van der Waals surface area contributed by atoms with Crippen molar-refractivity contribution in [2.24, 2.45) is 4.99 Å². The van der Waals surface area contributed by atoms with Crippen LogP contribution in [-0.4, -0.2) is 35.4 Å². The summed E-state index contributed by atoms with van der Waals surface area (Å²) in [5.74, 6) is 0.399. The van der Waals surface area contributed by atoms with Crippen LogP contribution in [0.1, 0.15) is 59.2 Å². The quantitative estimate of drug-likeness (QED) is 0.515. The van der Waals surface area contributed by atoms with Crippen LogP contribution in [0.2, 0.25) is 0 Å². The van der Waals surface area contributed by atoms with Gasteiger partial charge in [0.2, 0.25) is 0 Å². The monoisotopic (exact) mass is 381 g/mol. The van der Waals surface area contributed by atoms with Crippen LogP contribution in [0.4, 0.5) is 0 Å². The highest BCUT2D eigenvalue weighted by Crippen LogP contribution is 2.27. The summed E-state index contributed by atoms with van der Waals surface area (Å²) in [5.41, 5.74) is 5.51. The van der Waals surface area contributed by atoms with Crippen LogP contribution < -0.4 is 0 Å². The van der Waals surface area contributed by atoms with E-state index in [1.165, 1.54) is 0 Å². The van der Waals surface area contributed by atoms with Gasteiger partial charge in [-0.05, 0) is 44.0 Å². The van der Waals surface area contributed by atoms with Gasteiger partial charge in [0.15, 0.2) is 0 Å². The Morgan fingerprint density at radius 3 is 2.79 bits per heavy atom. The Hall–Kier alpha value is -3.02. The topological polar surface area (TPSA) is 79.5 Å². The van der Waals surface area contributed by atoms with Crippen molar-refractivity contribution < 1.29 is 14.3 Å². The third kappa shape index (κ3) is 4.11. The van der Waals surface area contributed by atoms with Crippen molar-refractivity contribution in [3.63, 3.8) is 0 Å². The maximum atomic E-state index is 12.5. The summed E-state index contributed by atoms with van der Waals surface area (Å²) in [7, 11) is 1.62. The average molecular weight is 381 g/mol. The van der Waals surface area contributed by atoms with Crippen molar-refractivity contribution in [3.8, 4) is 0 Å². The van der Waals surface area contributed by atoms with Gasteiger partial charge in [-0.2, -0.15) is 0 Å². The number of unbranched alkanes of at least 4 members (excludes halogenated alkanes) is 2. The Bertz CT molecular complexity index is 931. The van der Waals surface area contributed by atoms with Crippen molar-refractivity contribution in [2.75, 3.05) is 13.7 Å². The predicted molar refractivity (Wildman–Crippen MR) is 110 cm³/mol. The number of rotatable bonds is 8. The lowest BCUT2D eigenvalue weighted by Gasteiger charge is -2.05. The van der Waals surface area contributed by atoms with Crippen molar-refractivity contribution >= 4 is 17.8 Å². The van der Waals surface area contributed by atoms with E-state index >= 15 is 0 Å². The van der Waals surface area contributed by atoms with E-state index in [9.17, 15) is 4.79 Å². The molecule has 28 heavy (non-hydrogen) atoms. The zero-order valence-corrected chi connectivity index (χ0v) is 16.9. The van der Waals surface area contributed by atoms with E-state index in [2.05, 4.69) is 21.9 Å². The van der Waals surface area contributed by atoms with E-state index in [1.54, 1.807) is 7.11 Å². The molecule has 0 radical (unpaired) electrons. The lowest BCUT2D eigenvalue weighted by atomic mass is 10.1. The lowest BCUT2D eigenvalue weighted by molar-refractivity contribution is 0.0496. The van der Waals surface area contributed by atoms with E-state index in [1.807, 2.05) is 44.3 Å². The highest BCUT2D eigenvalue weighted by molar-refractivity contribution is 6.11. The second kappa shape index (κ2) is 8.78.